The van der Waals surface area contributed by atoms with Gasteiger partial charge in [-0.15, -0.1) is 0 Å². The molecule has 10 heteroatoms. The van der Waals surface area contributed by atoms with Crippen LogP contribution < -0.4 is 5.32 Å². The number of aromatic amines is 1. The lowest BCUT2D eigenvalue weighted by atomic mass is 10.0. The number of nitrogens with zero attached hydrogens (tertiary/aromatic N) is 7. The van der Waals surface area contributed by atoms with E-state index in [2.05, 4.69) is 48.2 Å². The molecular weight excluding hydrogens is 466 g/mol. The minimum Gasteiger partial charge on any atom is -0.346 e. The number of rotatable bonds is 4. The fourth-order valence-corrected chi connectivity index (χ4v) is 4.96. The van der Waals surface area contributed by atoms with Crippen molar-refractivity contribution in [3.05, 3.63) is 85.0 Å². The Hall–Kier alpha value is -4.83. The third-order valence-electron chi connectivity index (χ3n) is 6.90. The first-order valence-corrected chi connectivity index (χ1v) is 12.0. The van der Waals surface area contributed by atoms with E-state index in [9.17, 15) is 4.79 Å². The summed E-state index contributed by atoms with van der Waals surface area (Å²) in [4.78, 5) is 27.4. The average Bonchev–Trinajstić information content (AvgIpc) is 3.64. The molecule has 2 N–H and O–H groups in total. The summed E-state index contributed by atoms with van der Waals surface area (Å²) < 4.78 is 3.79. The maximum absolute atomic E-state index is 13.0. The molecule has 0 aliphatic carbocycles. The second-order valence-electron chi connectivity index (χ2n) is 9.29. The van der Waals surface area contributed by atoms with E-state index in [1.165, 1.54) is 5.69 Å². The zero-order valence-corrected chi connectivity index (χ0v) is 20.1. The van der Waals surface area contributed by atoms with Gasteiger partial charge in [0.05, 0.1) is 47.6 Å². The minimum absolute atomic E-state index is 0.237. The maximum atomic E-state index is 13.0. The molecular formula is C27H23N9O. The van der Waals surface area contributed by atoms with Crippen LogP contribution in [0.3, 0.4) is 0 Å². The van der Waals surface area contributed by atoms with Crippen LogP contribution in [0.2, 0.25) is 0 Å². The van der Waals surface area contributed by atoms with Crippen molar-refractivity contribution in [1.82, 2.24) is 39.2 Å². The van der Waals surface area contributed by atoms with Crippen LogP contribution in [0.1, 0.15) is 16.1 Å². The van der Waals surface area contributed by atoms with E-state index in [1.807, 2.05) is 36.9 Å². The highest BCUT2D eigenvalue weighted by Crippen LogP contribution is 2.33. The fourth-order valence-electron chi connectivity index (χ4n) is 4.96. The molecule has 1 aliphatic heterocycles. The van der Waals surface area contributed by atoms with Gasteiger partial charge in [0.25, 0.3) is 5.91 Å². The van der Waals surface area contributed by atoms with Gasteiger partial charge in [0.2, 0.25) is 0 Å². The van der Waals surface area contributed by atoms with Crippen molar-refractivity contribution in [3.63, 3.8) is 0 Å². The number of H-pyrrole nitrogens is 1. The highest BCUT2D eigenvalue weighted by atomic mass is 16.1. The molecule has 6 aromatic heterocycles. The van der Waals surface area contributed by atoms with Gasteiger partial charge in [0.15, 0.2) is 0 Å². The molecule has 0 atom stereocenters. The van der Waals surface area contributed by atoms with Crippen LogP contribution in [0.5, 0.6) is 0 Å². The average molecular weight is 490 g/mol. The lowest BCUT2D eigenvalue weighted by molar-refractivity contribution is 0.102. The Morgan fingerprint density at radius 2 is 1.97 bits per heavy atom. The second-order valence-corrected chi connectivity index (χ2v) is 9.29. The molecule has 0 radical (unpaired) electrons. The van der Waals surface area contributed by atoms with Crippen LogP contribution in [0, 0.1) is 0 Å². The third kappa shape index (κ3) is 3.66. The number of pyridine rings is 3. The molecule has 0 unspecified atom stereocenters. The van der Waals surface area contributed by atoms with E-state index in [4.69, 9.17) is 4.98 Å². The molecule has 10 nitrogen and oxygen atoms in total. The van der Waals surface area contributed by atoms with E-state index in [0.29, 0.717) is 16.8 Å². The van der Waals surface area contributed by atoms with Gasteiger partial charge in [-0.3, -0.25) is 19.4 Å². The zero-order chi connectivity index (χ0) is 24.9. The van der Waals surface area contributed by atoms with Crippen LogP contribution in [0.4, 0.5) is 5.69 Å². The number of fused-ring (bicyclic) bond motifs is 3. The van der Waals surface area contributed by atoms with Crippen LogP contribution in [-0.4, -0.2) is 58.7 Å². The highest BCUT2D eigenvalue weighted by molar-refractivity contribution is 6.09. The Labute approximate surface area is 211 Å². The Bertz CT molecular complexity index is 1780. The summed E-state index contributed by atoms with van der Waals surface area (Å²) in [5, 5.41) is 12.9. The third-order valence-corrected chi connectivity index (χ3v) is 6.90. The molecule has 6 aromatic rings. The lowest BCUT2D eigenvalue weighted by Crippen LogP contribution is -2.30. The summed E-state index contributed by atoms with van der Waals surface area (Å²) in [6, 6.07) is 9.72. The summed E-state index contributed by atoms with van der Waals surface area (Å²) in [6.45, 7) is 2.74. The molecule has 0 spiro atoms. The minimum atomic E-state index is -0.237. The van der Waals surface area contributed by atoms with Crippen molar-refractivity contribution >= 4 is 28.1 Å². The first-order valence-electron chi connectivity index (χ1n) is 12.0. The standard InChI is InChI=1S/C27H23N9O/c1-34-7-8-36-25(16-34)22(14-31-36)18-9-20-21(13-30-26(20)29-11-18)17-4-6-35-24(10-17)23(15-32-35)27(37)33-19-3-2-5-28-12-19/h2-6,9-15H,7-8,16H2,1H3,(H,29,30)(H,33,37). The Balaban J connectivity index is 1.28. The quantitative estimate of drug-likeness (QED) is 0.390. The van der Waals surface area contributed by atoms with Gasteiger partial charge in [0, 0.05) is 60.0 Å². The van der Waals surface area contributed by atoms with Gasteiger partial charge < -0.3 is 10.3 Å². The molecule has 0 bridgehead atoms. The molecule has 7 heterocycles. The molecule has 1 aliphatic rings. The summed E-state index contributed by atoms with van der Waals surface area (Å²) in [7, 11) is 2.13. The van der Waals surface area contributed by atoms with E-state index in [1.54, 1.807) is 35.2 Å². The number of hydrogen-bond acceptors (Lipinski definition) is 6. The van der Waals surface area contributed by atoms with E-state index < -0.39 is 0 Å². The van der Waals surface area contributed by atoms with Gasteiger partial charge in [-0.2, -0.15) is 10.2 Å². The monoisotopic (exact) mass is 489 g/mol. The molecule has 1 amide bonds. The predicted molar refractivity (Wildman–Crippen MR) is 140 cm³/mol. The normalized spacial score (nSPS) is 13.8. The zero-order valence-electron chi connectivity index (χ0n) is 20.1. The SMILES string of the molecule is CN1CCn2ncc(-c3cnc4[nH]cc(-c5ccn6ncc(C(=O)Nc7cccnc7)c6c5)c4c3)c2C1. The summed E-state index contributed by atoms with van der Waals surface area (Å²) in [5.74, 6) is -0.237. The number of hydrogen-bond donors (Lipinski definition) is 2. The van der Waals surface area contributed by atoms with Crippen LogP contribution in [0.15, 0.2) is 73.7 Å². The Morgan fingerprint density at radius 1 is 1.03 bits per heavy atom. The highest BCUT2D eigenvalue weighted by Gasteiger charge is 2.20. The number of nitrogens with one attached hydrogen (secondary N) is 2. The summed E-state index contributed by atoms with van der Waals surface area (Å²) in [5.41, 5.74) is 7.95. The molecule has 0 fully saturated rings. The summed E-state index contributed by atoms with van der Waals surface area (Å²) in [6.07, 6.45) is 12.5. The van der Waals surface area contributed by atoms with Gasteiger partial charge in [-0.25, -0.2) is 9.50 Å². The van der Waals surface area contributed by atoms with Gasteiger partial charge >= 0.3 is 0 Å². The molecule has 7 rings (SSSR count). The smallest absolute Gasteiger partial charge is 0.259 e. The van der Waals surface area contributed by atoms with Crippen LogP contribution in [0.25, 0.3) is 38.8 Å². The first-order chi connectivity index (χ1) is 18.1. The number of carbonyl (C=O) groups is 1. The van der Waals surface area contributed by atoms with E-state index in [0.717, 1.165) is 52.9 Å². The van der Waals surface area contributed by atoms with Crippen molar-refractivity contribution in [1.29, 1.82) is 0 Å². The van der Waals surface area contributed by atoms with Crippen molar-refractivity contribution in [2.75, 3.05) is 18.9 Å². The van der Waals surface area contributed by atoms with E-state index >= 15 is 0 Å². The number of amides is 1. The molecule has 0 aromatic carbocycles. The second kappa shape index (κ2) is 8.38. The van der Waals surface area contributed by atoms with E-state index in [-0.39, 0.29) is 5.91 Å². The first kappa shape index (κ1) is 21.5. The molecule has 0 saturated heterocycles. The number of carbonyl (C=O) groups excluding carboxylic acids is 1. The number of anilines is 1. The predicted octanol–water partition coefficient (Wildman–Crippen LogP) is 3.83. The van der Waals surface area contributed by atoms with Gasteiger partial charge in [-0.05, 0) is 42.9 Å². The van der Waals surface area contributed by atoms with Crippen molar-refractivity contribution in [2.45, 2.75) is 13.1 Å². The fraction of sp³-hybridized carbons (Fsp3) is 0.148. The van der Waals surface area contributed by atoms with Crippen molar-refractivity contribution in [2.24, 2.45) is 0 Å². The van der Waals surface area contributed by atoms with Gasteiger partial charge in [0.1, 0.15) is 5.65 Å². The molecule has 182 valence electrons. The number of likely N-dealkylation sites (N-methyl/N-ethyl adjacent to an activating group) is 1. The molecule has 0 saturated carbocycles. The Morgan fingerprint density at radius 3 is 2.86 bits per heavy atom. The Kier molecular flexibility index (Phi) is 4.86. The van der Waals surface area contributed by atoms with Crippen LogP contribution in [-0.2, 0) is 13.1 Å². The van der Waals surface area contributed by atoms with Crippen molar-refractivity contribution in [3.8, 4) is 22.3 Å². The van der Waals surface area contributed by atoms with Crippen molar-refractivity contribution < 1.29 is 4.79 Å². The van der Waals surface area contributed by atoms with Gasteiger partial charge in [-0.1, -0.05) is 0 Å². The van der Waals surface area contributed by atoms with Crippen LogP contribution >= 0.6 is 0 Å². The maximum Gasteiger partial charge on any atom is 0.259 e. The molecule has 37 heavy (non-hydrogen) atoms. The largest absolute Gasteiger partial charge is 0.346 e. The lowest BCUT2D eigenvalue weighted by Gasteiger charge is -2.24. The topological polar surface area (TPSA) is 109 Å². The summed E-state index contributed by atoms with van der Waals surface area (Å²) >= 11 is 0. The number of aromatic nitrogens is 7.